The summed E-state index contributed by atoms with van der Waals surface area (Å²) in [5.41, 5.74) is -0.230. The highest BCUT2D eigenvalue weighted by molar-refractivity contribution is 5.91. The van der Waals surface area contributed by atoms with Crippen molar-refractivity contribution in [1.29, 1.82) is 5.26 Å². The van der Waals surface area contributed by atoms with E-state index in [1.165, 1.54) is 24.3 Å². The number of hydrogen-bond donors (Lipinski definition) is 0. The predicted octanol–water partition coefficient (Wildman–Crippen LogP) is 2.82. The molecule has 0 spiro atoms. The van der Waals surface area contributed by atoms with Crippen LogP contribution in [0.1, 0.15) is 15.9 Å². The standard InChI is InChI=1S/C14H7FN2O4/c15-13-7-12(6-3-10(13)8-16)21-14(18)9-1-4-11(5-2-9)17(19)20/h1-7H. The van der Waals surface area contributed by atoms with E-state index in [1.54, 1.807) is 6.07 Å². The quantitative estimate of drug-likeness (QED) is 0.374. The third-order valence-corrected chi connectivity index (χ3v) is 2.59. The summed E-state index contributed by atoms with van der Waals surface area (Å²) in [5.74, 6) is -1.64. The molecule has 0 N–H and O–H groups in total. The first-order chi connectivity index (χ1) is 10.0. The average molecular weight is 286 g/mol. The summed E-state index contributed by atoms with van der Waals surface area (Å²) in [6, 6.07) is 9.83. The third kappa shape index (κ3) is 3.19. The molecule has 0 heterocycles. The lowest BCUT2D eigenvalue weighted by atomic mass is 10.2. The molecule has 0 saturated heterocycles. The maximum Gasteiger partial charge on any atom is 0.343 e. The smallest absolute Gasteiger partial charge is 0.343 e. The molecule has 2 aromatic carbocycles. The highest BCUT2D eigenvalue weighted by Gasteiger charge is 2.12. The van der Waals surface area contributed by atoms with Gasteiger partial charge in [-0.25, -0.2) is 9.18 Å². The zero-order chi connectivity index (χ0) is 15.4. The summed E-state index contributed by atoms with van der Waals surface area (Å²) in [6.45, 7) is 0. The minimum atomic E-state index is -0.800. The first kappa shape index (κ1) is 14.1. The number of nitro groups is 1. The molecule has 21 heavy (non-hydrogen) atoms. The van der Waals surface area contributed by atoms with E-state index >= 15 is 0 Å². The van der Waals surface area contributed by atoms with Crippen LogP contribution in [-0.4, -0.2) is 10.9 Å². The van der Waals surface area contributed by atoms with E-state index in [0.29, 0.717) is 0 Å². The van der Waals surface area contributed by atoms with E-state index in [2.05, 4.69) is 0 Å². The van der Waals surface area contributed by atoms with Crippen molar-refractivity contribution in [1.82, 2.24) is 0 Å². The molecule has 7 heteroatoms. The fourth-order valence-corrected chi connectivity index (χ4v) is 1.54. The number of halogens is 1. The number of carbonyl (C=O) groups is 1. The highest BCUT2D eigenvalue weighted by Crippen LogP contribution is 2.18. The lowest BCUT2D eigenvalue weighted by molar-refractivity contribution is -0.384. The van der Waals surface area contributed by atoms with Crippen LogP contribution in [0.5, 0.6) is 5.75 Å². The Hall–Kier alpha value is -3.27. The Morgan fingerprint density at radius 3 is 2.43 bits per heavy atom. The number of esters is 1. The lowest BCUT2D eigenvalue weighted by Crippen LogP contribution is -2.08. The fourth-order valence-electron chi connectivity index (χ4n) is 1.54. The van der Waals surface area contributed by atoms with E-state index in [0.717, 1.165) is 18.2 Å². The average Bonchev–Trinajstić information content (AvgIpc) is 2.47. The summed E-state index contributed by atoms with van der Waals surface area (Å²) >= 11 is 0. The van der Waals surface area contributed by atoms with Gasteiger partial charge in [0.1, 0.15) is 17.6 Å². The second-order valence-corrected chi connectivity index (χ2v) is 3.95. The van der Waals surface area contributed by atoms with Crippen LogP contribution in [0.25, 0.3) is 0 Å². The van der Waals surface area contributed by atoms with Gasteiger partial charge in [-0.1, -0.05) is 0 Å². The van der Waals surface area contributed by atoms with Crippen LogP contribution in [0.4, 0.5) is 10.1 Å². The fraction of sp³-hybridized carbons (Fsp3) is 0. The molecule has 0 saturated carbocycles. The van der Waals surface area contributed by atoms with Gasteiger partial charge in [-0.3, -0.25) is 10.1 Å². The zero-order valence-corrected chi connectivity index (χ0v) is 10.4. The van der Waals surface area contributed by atoms with Crippen molar-refractivity contribution in [2.24, 2.45) is 0 Å². The summed E-state index contributed by atoms with van der Waals surface area (Å²) in [4.78, 5) is 21.7. The normalized spacial score (nSPS) is 9.71. The SMILES string of the molecule is N#Cc1ccc(OC(=O)c2ccc([N+](=O)[O-])cc2)cc1F. The topological polar surface area (TPSA) is 93.2 Å². The Kier molecular flexibility index (Phi) is 3.90. The number of carbonyl (C=O) groups excluding carboxylic acids is 1. The minimum absolute atomic E-state index is 0.0603. The Bertz CT molecular complexity index is 751. The Morgan fingerprint density at radius 1 is 1.24 bits per heavy atom. The molecule has 6 nitrogen and oxygen atoms in total. The number of non-ortho nitro benzene ring substituents is 1. The molecule has 0 aliphatic rings. The van der Waals surface area contributed by atoms with Gasteiger partial charge in [0.05, 0.1) is 16.1 Å². The molecule has 0 aliphatic carbocycles. The van der Waals surface area contributed by atoms with Crippen molar-refractivity contribution in [3.63, 3.8) is 0 Å². The van der Waals surface area contributed by atoms with Crippen LogP contribution in [0.15, 0.2) is 42.5 Å². The van der Waals surface area contributed by atoms with Gasteiger partial charge < -0.3 is 4.74 Å². The number of ether oxygens (including phenoxy) is 1. The van der Waals surface area contributed by atoms with Crippen molar-refractivity contribution in [3.05, 3.63) is 69.5 Å². The lowest BCUT2D eigenvalue weighted by Gasteiger charge is -2.04. The third-order valence-electron chi connectivity index (χ3n) is 2.59. The van der Waals surface area contributed by atoms with E-state index in [1.807, 2.05) is 0 Å². The number of benzene rings is 2. The molecule has 0 atom stereocenters. The van der Waals surface area contributed by atoms with Gasteiger partial charge in [0.2, 0.25) is 0 Å². The van der Waals surface area contributed by atoms with Crippen molar-refractivity contribution >= 4 is 11.7 Å². The van der Waals surface area contributed by atoms with Gasteiger partial charge in [0.15, 0.2) is 0 Å². The second kappa shape index (κ2) is 5.79. The minimum Gasteiger partial charge on any atom is -0.423 e. The van der Waals surface area contributed by atoms with Gasteiger partial charge in [-0.2, -0.15) is 5.26 Å². The first-order valence-corrected chi connectivity index (χ1v) is 5.67. The van der Waals surface area contributed by atoms with E-state index in [9.17, 15) is 19.3 Å². The number of nitrogens with zero attached hydrogens (tertiary/aromatic N) is 2. The van der Waals surface area contributed by atoms with Crippen LogP contribution in [-0.2, 0) is 0 Å². The van der Waals surface area contributed by atoms with Crippen LogP contribution < -0.4 is 4.74 Å². The molecule has 2 aromatic rings. The highest BCUT2D eigenvalue weighted by atomic mass is 19.1. The second-order valence-electron chi connectivity index (χ2n) is 3.95. The molecule has 0 aliphatic heterocycles. The molecule has 0 amide bonds. The summed E-state index contributed by atoms with van der Waals surface area (Å²) in [6.07, 6.45) is 0. The molecule has 0 bridgehead atoms. The van der Waals surface area contributed by atoms with Crippen molar-refractivity contribution < 1.29 is 18.8 Å². The summed E-state index contributed by atoms with van der Waals surface area (Å²) in [5, 5.41) is 19.1. The molecular formula is C14H7FN2O4. The van der Waals surface area contributed by atoms with Crippen LogP contribution >= 0.6 is 0 Å². The van der Waals surface area contributed by atoms with Crippen LogP contribution in [0.2, 0.25) is 0 Å². The molecule has 0 unspecified atom stereocenters. The number of hydrogen-bond acceptors (Lipinski definition) is 5. The van der Waals surface area contributed by atoms with E-state index < -0.39 is 16.7 Å². The van der Waals surface area contributed by atoms with Gasteiger partial charge in [-0.05, 0) is 24.3 Å². The molecule has 0 fully saturated rings. The largest absolute Gasteiger partial charge is 0.423 e. The maximum absolute atomic E-state index is 13.4. The predicted molar refractivity (Wildman–Crippen MR) is 69.2 cm³/mol. The van der Waals surface area contributed by atoms with Gasteiger partial charge >= 0.3 is 5.97 Å². The van der Waals surface area contributed by atoms with Crippen LogP contribution in [0, 0.1) is 27.3 Å². The molecule has 0 aromatic heterocycles. The van der Waals surface area contributed by atoms with Gasteiger partial charge in [0, 0.05) is 18.2 Å². The number of nitro benzene ring substituents is 1. The van der Waals surface area contributed by atoms with Crippen molar-refractivity contribution in [2.75, 3.05) is 0 Å². The Morgan fingerprint density at radius 2 is 1.90 bits per heavy atom. The monoisotopic (exact) mass is 286 g/mol. The maximum atomic E-state index is 13.4. The van der Waals surface area contributed by atoms with Crippen molar-refractivity contribution in [2.45, 2.75) is 0 Å². The first-order valence-electron chi connectivity index (χ1n) is 5.67. The zero-order valence-electron chi connectivity index (χ0n) is 10.4. The Balaban J connectivity index is 2.16. The Labute approximate surface area is 118 Å². The molecule has 0 radical (unpaired) electrons. The van der Waals surface area contributed by atoms with E-state index in [-0.39, 0.29) is 22.6 Å². The van der Waals surface area contributed by atoms with Crippen LogP contribution in [0.3, 0.4) is 0 Å². The number of rotatable bonds is 3. The molecular weight excluding hydrogens is 279 g/mol. The number of nitriles is 1. The summed E-state index contributed by atoms with van der Waals surface area (Å²) in [7, 11) is 0. The van der Waals surface area contributed by atoms with Gasteiger partial charge in [0.25, 0.3) is 5.69 Å². The van der Waals surface area contributed by atoms with E-state index in [4.69, 9.17) is 10.00 Å². The molecule has 2 rings (SSSR count). The van der Waals surface area contributed by atoms with Crippen molar-refractivity contribution in [3.8, 4) is 11.8 Å². The molecule has 104 valence electrons. The summed E-state index contributed by atoms with van der Waals surface area (Å²) < 4.78 is 18.3. The van der Waals surface area contributed by atoms with Gasteiger partial charge in [-0.15, -0.1) is 0 Å².